The van der Waals surface area contributed by atoms with E-state index in [9.17, 15) is 14.4 Å². The van der Waals surface area contributed by atoms with Crippen molar-refractivity contribution in [3.05, 3.63) is 36.4 Å². The highest BCUT2D eigenvalue weighted by Gasteiger charge is 2.44. The molecule has 2 unspecified atom stereocenters. The van der Waals surface area contributed by atoms with Crippen LogP contribution in [0.4, 0.5) is 0 Å². The predicted molar refractivity (Wildman–Crippen MR) is 82.1 cm³/mol. The Kier molecular flexibility index (Phi) is 4.68. The van der Waals surface area contributed by atoms with Gasteiger partial charge in [-0.3, -0.25) is 9.59 Å². The van der Waals surface area contributed by atoms with E-state index in [1.54, 1.807) is 6.92 Å². The van der Waals surface area contributed by atoms with Gasteiger partial charge in [-0.05, 0) is 24.6 Å². The maximum Gasteiger partial charge on any atom is 0.330 e. The normalized spacial score (nSPS) is 18.3. The SMILES string of the molecule is C=C(C)C(C(=O)O)N1CC(NC(C)=O)C1=O.c1cc2cc(c1)O2. The van der Waals surface area contributed by atoms with Gasteiger partial charge >= 0.3 is 5.97 Å². The van der Waals surface area contributed by atoms with E-state index < -0.39 is 18.1 Å². The Hall–Kier alpha value is -2.83. The molecule has 1 aromatic rings. The number of amides is 2. The molecule has 7 nitrogen and oxygen atoms in total. The molecule has 2 atom stereocenters. The van der Waals surface area contributed by atoms with Crippen LogP contribution in [-0.2, 0) is 14.4 Å². The zero-order valence-corrected chi connectivity index (χ0v) is 12.9. The van der Waals surface area contributed by atoms with Crippen molar-refractivity contribution in [1.29, 1.82) is 0 Å². The first-order valence-electron chi connectivity index (χ1n) is 7.03. The van der Waals surface area contributed by atoms with Crippen LogP contribution in [0.2, 0.25) is 0 Å². The van der Waals surface area contributed by atoms with Crippen molar-refractivity contribution in [3.63, 3.8) is 0 Å². The lowest BCUT2D eigenvalue weighted by Gasteiger charge is -2.42. The molecule has 1 fully saturated rings. The molecule has 1 aromatic carbocycles. The van der Waals surface area contributed by atoms with Gasteiger partial charge in [-0.1, -0.05) is 12.6 Å². The maximum atomic E-state index is 11.6. The van der Waals surface area contributed by atoms with Crippen LogP contribution < -0.4 is 10.1 Å². The van der Waals surface area contributed by atoms with E-state index in [1.807, 2.05) is 24.3 Å². The minimum Gasteiger partial charge on any atom is -0.479 e. The molecule has 0 radical (unpaired) electrons. The van der Waals surface area contributed by atoms with Crippen LogP contribution in [0.5, 0.6) is 11.5 Å². The Labute approximate surface area is 133 Å². The molecule has 0 spiro atoms. The van der Waals surface area contributed by atoms with E-state index in [0.717, 1.165) is 11.5 Å². The topological polar surface area (TPSA) is 95.9 Å². The maximum absolute atomic E-state index is 11.6. The van der Waals surface area contributed by atoms with Gasteiger partial charge in [-0.2, -0.15) is 0 Å². The number of carbonyl (C=O) groups is 3. The molecule has 23 heavy (non-hydrogen) atoms. The van der Waals surface area contributed by atoms with E-state index in [0.29, 0.717) is 5.57 Å². The summed E-state index contributed by atoms with van der Waals surface area (Å²) < 4.78 is 5.01. The van der Waals surface area contributed by atoms with Crippen LogP contribution in [0.25, 0.3) is 0 Å². The zero-order chi connectivity index (χ0) is 17.1. The lowest BCUT2D eigenvalue weighted by molar-refractivity contribution is -0.157. The molecule has 0 aromatic heterocycles. The van der Waals surface area contributed by atoms with Crippen molar-refractivity contribution in [2.45, 2.75) is 25.9 Å². The highest BCUT2D eigenvalue weighted by atomic mass is 16.5. The number of benzene rings is 1. The number of rotatable bonds is 4. The van der Waals surface area contributed by atoms with Crippen molar-refractivity contribution in [1.82, 2.24) is 10.2 Å². The summed E-state index contributed by atoms with van der Waals surface area (Å²) in [6, 6.07) is 6.25. The van der Waals surface area contributed by atoms with Gasteiger partial charge in [0.05, 0.1) is 6.54 Å². The van der Waals surface area contributed by atoms with Crippen LogP contribution in [0, 0.1) is 0 Å². The van der Waals surface area contributed by atoms with E-state index in [1.165, 1.54) is 11.8 Å². The van der Waals surface area contributed by atoms with Crippen LogP contribution in [0.3, 0.4) is 0 Å². The van der Waals surface area contributed by atoms with Crippen molar-refractivity contribution >= 4 is 17.8 Å². The van der Waals surface area contributed by atoms with E-state index >= 15 is 0 Å². The van der Waals surface area contributed by atoms with Crippen molar-refractivity contribution in [3.8, 4) is 11.5 Å². The minimum atomic E-state index is -1.11. The number of hydrogen-bond acceptors (Lipinski definition) is 4. The van der Waals surface area contributed by atoms with Gasteiger partial charge in [-0.25, -0.2) is 4.79 Å². The fraction of sp³-hybridized carbons (Fsp3) is 0.312. The number of carboxylic acid groups (broad SMARTS) is 1. The third-order valence-corrected chi connectivity index (χ3v) is 3.39. The summed E-state index contributed by atoms with van der Waals surface area (Å²) in [4.78, 5) is 34.4. The molecule has 3 aliphatic heterocycles. The van der Waals surface area contributed by atoms with Crippen molar-refractivity contribution in [2.24, 2.45) is 0 Å². The summed E-state index contributed by atoms with van der Waals surface area (Å²) in [5.74, 6) is 0.169. The monoisotopic (exact) mass is 318 g/mol. The second kappa shape index (κ2) is 6.51. The van der Waals surface area contributed by atoms with Gasteiger partial charge < -0.3 is 20.1 Å². The van der Waals surface area contributed by atoms with Gasteiger partial charge in [0.1, 0.15) is 17.5 Å². The quantitative estimate of drug-likeness (QED) is 0.651. The fourth-order valence-electron chi connectivity index (χ4n) is 2.33. The molecule has 1 saturated heterocycles. The number of nitrogens with zero attached hydrogens (tertiary/aromatic N) is 1. The Morgan fingerprint density at radius 1 is 1.39 bits per heavy atom. The smallest absolute Gasteiger partial charge is 0.330 e. The number of likely N-dealkylation sites (tertiary alicyclic amines) is 1. The van der Waals surface area contributed by atoms with Gasteiger partial charge in [0.15, 0.2) is 6.04 Å². The standard InChI is InChI=1S/C10H14N2O4.C6H4O/c1-5(2)8(10(15)16)12-4-7(9(12)14)11-6(3)13;1-2-5-4-6(3-1)7-5/h7-8H,1,4H2,2-3H3,(H,11,13)(H,15,16);1-4H. The van der Waals surface area contributed by atoms with Crippen LogP contribution in [0.15, 0.2) is 36.4 Å². The number of hydrogen-bond donors (Lipinski definition) is 2. The molecule has 122 valence electrons. The predicted octanol–water partition coefficient (Wildman–Crippen LogP) is 1.15. The van der Waals surface area contributed by atoms with Crippen molar-refractivity contribution in [2.75, 3.05) is 6.54 Å². The Bertz CT molecular complexity index is 631. The second-order valence-corrected chi connectivity index (χ2v) is 5.41. The molecule has 3 aliphatic rings. The van der Waals surface area contributed by atoms with Crippen molar-refractivity contribution < 1.29 is 24.2 Å². The number of β-lactam (4-membered cyclic amide) rings is 1. The molecule has 2 N–H and O–H groups in total. The van der Waals surface area contributed by atoms with Crippen LogP contribution in [-0.4, -0.2) is 46.4 Å². The summed E-state index contributed by atoms with van der Waals surface area (Å²) in [6.07, 6.45) is 0. The molecule has 0 aliphatic carbocycles. The number of aliphatic carboxylic acids is 1. The van der Waals surface area contributed by atoms with Gasteiger partial charge in [0, 0.05) is 13.0 Å². The van der Waals surface area contributed by atoms with Gasteiger partial charge in [0.2, 0.25) is 11.8 Å². The first kappa shape index (κ1) is 16.5. The molecule has 2 amide bonds. The average Bonchev–Trinajstić information content (AvgIpc) is 2.45. The lowest BCUT2D eigenvalue weighted by atomic mass is 10.00. The average molecular weight is 318 g/mol. The molecule has 3 heterocycles. The third-order valence-electron chi connectivity index (χ3n) is 3.39. The zero-order valence-electron chi connectivity index (χ0n) is 12.9. The summed E-state index contributed by atoms with van der Waals surface area (Å²) in [5.41, 5.74) is 0.391. The molecule has 0 saturated carbocycles. The summed E-state index contributed by atoms with van der Waals surface area (Å²) in [5, 5.41) is 11.4. The first-order chi connectivity index (χ1) is 10.8. The van der Waals surface area contributed by atoms with E-state index in [-0.39, 0.29) is 18.4 Å². The highest BCUT2D eigenvalue weighted by Crippen LogP contribution is 2.32. The minimum absolute atomic E-state index is 0.211. The largest absolute Gasteiger partial charge is 0.479 e. The Morgan fingerprint density at radius 2 is 1.96 bits per heavy atom. The number of fused-ring (bicyclic) bond motifs is 2. The van der Waals surface area contributed by atoms with Gasteiger partial charge in [-0.15, -0.1) is 0 Å². The third kappa shape index (κ3) is 3.68. The van der Waals surface area contributed by atoms with E-state index in [2.05, 4.69) is 11.9 Å². The molecule has 7 heteroatoms. The molecular weight excluding hydrogens is 300 g/mol. The molecule has 2 bridgehead atoms. The van der Waals surface area contributed by atoms with Crippen LogP contribution >= 0.6 is 0 Å². The summed E-state index contributed by atoms with van der Waals surface area (Å²) in [6.45, 7) is 6.61. The van der Waals surface area contributed by atoms with Crippen LogP contribution in [0.1, 0.15) is 13.8 Å². The first-order valence-corrected chi connectivity index (χ1v) is 7.03. The highest BCUT2D eigenvalue weighted by molar-refractivity contribution is 5.95. The number of carboxylic acids is 1. The number of carbonyl (C=O) groups excluding carboxylic acids is 2. The number of nitrogens with one attached hydrogen (secondary N) is 1. The Balaban J connectivity index is 0.000000223. The van der Waals surface area contributed by atoms with E-state index in [4.69, 9.17) is 9.84 Å². The molecule has 4 rings (SSSR count). The Morgan fingerprint density at radius 3 is 2.22 bits per heavy atom. The lowest BCUT2D eigenvalue weighted by Crippen LogP contribution is -2.67. The fourth-order valence-corrected chi connectivity index (χ4v) is 2.33. The molecular formula is C16H18N2O5. The summed E-state index contributed by atoms with van der Waals surface area (Å²) in [7, 11) is 0. The number of ether oxygens (including phenoxy) is 1. The second-order valence-electron chi connectivity index (χ2n) is 5.41. The summed E-state index contributed by atoms with van der Waals surface area (Å²) >= 11 is 0. The van der Waals surface area contributed by atoms with Gasteiger partial charge in [0.25, 0.3) is 0 Å².